The molecule has 0 amide bonds. The van der Waals surface area contributed by atoms with E-state index in [4.69, 9.17) is 4.74 Å². The molecule has 1 rings (SSSR count). The Kier molecular flexibility index (Phi) is 5.34. The lowest BCUT2D eigenvalue weighted by molar-refractivity contribution is -0.508. The topological polar surface area (TPSA) is 76.2 Å². The molecule has 1 aliphatic rings. The number of hydroxylamine groups is 1. The molecule has 19 heavy (non-hydrogen) atoms. The average molecular weight is 266 g/mol. The van der Waals surface area contributed by atoms with Crippen LogP contribution in [0.3, 0.4) is 0 Å². The molecule has 0 saturated heterocycles. The van der Waals surface area contributed by atoms with E-state index in [1.807, 2.05) is 6.07 Å². The lowest BCUT2D eigenvalue weighted by Gasteiger charge is -2.25. The summed E-state index contributed by atoms with van der Waals surface area (Å²) in [5, 5.41) is 21.6. The number of nitriles is 1. The van der Waals surface area contributed by atoms with Gasteiger partial charge in [0.15, 0.2) is 6.04 Å². The molecule has 0 spiro atoms. The minimum absolute atomic E-state index is 0.0660. The Morgan fingerprint density at radius 2 is 2.00 bits per heavy atom. The molecule has 1 saturated carbocycles. The molecular formula is C14H22N2O3. The summed E-state index contributed by atoms with van der Waals surface area (Å²) in [6.45, 7) is 5.03. The van der Waals surface area contributed by atoms with Gasteiger partial charge in [-0.15, -0.1) is 0 Å². The summed E-state index contributed by atoms with van der Waals surface area (Å²) in [7, 11) is 0. The Morgan fingerprint density at radius 1 is 1.42 bits per heavy atom. The summed E-state index contributed by atoms with van der Waals surface area (Å²) >= 11 is 0. The normalized spacial score (nSPS) is 18.4. The maximum absolute atomic E-state index is 12.4. The van der Waals surface area contributed by atoms with Gasteiger partial charge in [-0.2, -0.15) is 10.0 Å². The predicted octanol–water partition coefficient (Wildman–Crippen LogP) is 2.38. The standard InChI is InChI=1S/C14H22N2O3/c1-4-19-13(17)12(14(2,3)10-15)16(18)11-8-6-5-7-9-11/h11H,4-9H2,1-3H3. The molecule has 0 N–H and O–H groups in total. The number of esters is 1. The minimum atomic E-state index is -1.13. The van der Waals surface area contributed by atoms with Crippen molar-refractivity contribution in [3.05, 3.63) is 5.21 Å². The Labute approximate surface area is 114 Å². The van der Waals surface area contributed by atoms with Gasteiger partial charge in [0, 0.05) is 12.8 Å². The first-order chi connectivity index (χ1) is 8.94. The zero-order valence-electron chi connectivity index (χ0n) is 11.9. The molecule has 0 bridgehead atoms. The first-order valence-corrected chi connectivity index (χ1v) is 6.86. The highest BCUT2D eigenvalue weighted by Gasteiger charge is 2.41. The SMILES string of the molecule is CCOC(=O)C(=[N+]([O-])C1CCCCC1)C(C)(C)C#N. The molecule has 0 radical (unpaired) electrons. The fraction of sp³-hybridized carbons (Fsp3) is 0.786. The number of hydrogen-bond donors (Lipinski definition) is 0. The Balaban J connectivity index is 3.13. The van der Waals surface area contributed by atoms with Gasteiger partial charge >= 0.3 is 5.97 Å². The zero-order chi connectivity index (χ0) is 14.5. The number of nitrogens with zero attached hydrogens (tertiary/aromatic N) is 2. The van der Waals surface area contributed by atoms with Crippen molar-refractivity contribution in [3.63, 3.8) is 0 Å². The van der Waals surface area contributed by atoms with Gasteiger partial charge in [-0.1, -0.05) is 6.42 Å². The predicted molar refractivity (Wildman–Crippen MR) is 71.5 cm³/mol. The van der Waals surface area contributed by atoms with Crippen LogP contribution in [0.2, 0.25) is 0 Å². The molecular weight excluding hydrogens is 244 g/mol. The molecule has 5 heteroatoms. The number of carbonyl (C=O) groups excluding carboxylic acids is 1. The zero-order valence-corrected chi connectivity index (χ0v) is 11.9. The molecule has 0 aromatic carbocycles. The van der Waals surface area contributed by atoms with Crippen molar-refractivity contribution in [2.45, 2.75) is 58.9 Å². The lowest BCUT2D eigenvalue weighted by atomic mass is 9.87. The largest absolute Gasteiger partial charge is 0.623 e. The third-order valence-corrected chi connectivity index (χ3v) is 3.47. The number of ether oxygens (including phenoxy) is 1. The lowest BCUT2D eigenvalue weighted by Crippen LogP contribution is -2.42. The van der Waals surface area contributed by atoms with Gasteiger partial charge in [0.1, 0.15) is 5.41 Å². The highest BCUT2D eigenvalue weighted by molar-refractivity contribution is 6.36. The molecule has 1 fully saturated rings. The Hall–Kier alpha value is -1.57. The second-order valence-corrected chi connectivity index (χ2v) is 5.42. The van der Waals surface area contributed by atoms with E-state index in [9.17, 15) is 15.3 Å². The van der Waals surface area contributed by atoms with E-state index in [-0.39, 0.29) is 18.4 Å². The van der Waals surface area contributed by atoms with Gasteiger partial charge in [-0.25, -0.2) is 4.79 Å². The van der Waals surface area contributed by atoms with Crippen molar-refractivity contribution in [2.75, 3.05) is 6.61 Å². The van der Waals surface area contributed by atoms with Gasteiger partial charge in [0.2, 0.25) is 0 Å². The van der Waals surface area contributed by atoms with Crippen molar-refractivity contribution in [3.8, 4) is 6.07 Å². The smallest absolute Gasteiger partial charge is 0.401 e. The summed E-state index contributed by atoms with van der Waals surface area (Å²) in [5.74, 6) is -0.672. The Morgan fingerprint density at radius 3 is 2.47 bits per heavy atom. The van der Waals surface area contributed by atoms with Crippen molar-refractivity contribution < 1.29 is 14.3 Å². The van der Waals surface area contributed by atoms with Crippen molar-refractivity contribution in [2.24, 2.45) is 5.41 Å². The van der Waals surface area contributed by atoms with Crippen LogP contribution in [0.1, 0.15) is 52.9 Å². The third-order valence-electron chi connectivity index (χ3n) is 3.47. The van der Waals surface area contributed by atoms with Gasteiger partial charge in [-0.05, 0) is 33.6 Å². The highest BCUT2D eigenvalue weighted by Crippen LogP contribution is 2.24. The highest BCUT2D eigenvalue weighted by atomic mass is 16.5. The van der Waals surface area contributed by atoms with Crippen LogP contribution in [0.4, 0.5) is 0 Å². The molecule has 0 unspecified atom stereocenters. The summed E-state index contributed by atoms with van der Waals surface area (Å²) in [4.78, 5) is 12.0. The van der Waals surface area contributed by atoms with Crippen LogP contribution in [0.15, 0.2) is 0 Å². The van der Waals surface area contributed by atoms with Crippen LogP contribution in [0.5, 0.6) is 0 Å². The van der Waals surface area contributed by atoms with Crippen molar-refractivity contribution in [1.29, 1.82) is 5.26 Å². The van der Waals surface area contributed by atoms with Gasteiger partial charge in [0.05, 0.1) is 12.7 Å². The molecule has 0 aromatic heterocycles. The summed E-state index contributed by atoms with van der Waals surface area (Å²) in [5.41, 5.74) is -1.20. The van der Waals surface area contributed by atoms with Crippen molar-refractivity contribution in [1.82, 2.24) is 0 Å². The van der Waals surface area contributed by atoms with E-state index in [0.29, 0.717) is 0 Å². The molecule has 0 aliphatic heterocycles. The number of rotatable bonds is 4. The second kappa shape index (κ2) is 6.55. The Bertz CT molecular complexity index is 401. The summed E-state index contributed by atoms with van der Waals surface area (Å²) in [6.07, 6.45) is 4.65. The number of hydrogen-bond acceptors (Lipinski definition) is 4. The molecule has 0 aromatic rings. The van der Waals surface area contributed by atoms with E-state index in [1.54, 1.807) is 20.8 Å². The fourth-order valence-corrected chi connectivity index (χ4v) is 2.37. The minimum Gasteiger partial charge on any atom is -0.623 e. The van der Waals surface area contributed by atoms with Gasteiger partial charge < -0.3 is 9.94 Å². The molecule has 5 nitrogen and oxygen atoms in total. The van der Waals surface area contributed by atoms with Gasteiger partial charge in [-0.3, -0.25) is 0 Å². The van der Waals surface area contributed by atoms with Crippen LogP contribution in [-0.2, 0) is 9.53 Å². The molecule has 1 aliphatic carbocycles. The van der Waals surface area contributed by atoms with Crippen molar-refractivity contribution >= 4 is 11.7 Å². The quantitative estimate of drug-likeness (QED) is 0.257. The maximum atomic E-state index is 12.4. The summed E-state index contributed by atoms with van der Waals surface area (Å²) < 4.78 is 5.67. The number of carbonyl (C=O) groups is 1. The van der Waals surface area contributed by atoms with Crippen LogP contribution in [0.25, 0.3) is 0 Å². The second-order valence-electron chi connectivity index (χ2n) is 5.42. The fourth-order valence-electron chi connectivity index (χ4n) is 2.37. The average Bonchev–Trinajstić information content (AvgIpc) is 2.40. The van der Waals surface area contributed by atoms with Crippen LogP contribution in [-0.4, -0.2) is 29.1 Å². The van der Waals surface area contributed by atoms with Crippen LogP contribution >= 0.6 is 0 Å². The monoisotopic (exact) mass is 266 g/mol. The molecule has 106 valence electrons. The third kappa shape index (κ3) is 3.69. The van der Waals surface area contributed by atoms with E-state index in [0.717, 1.165) is 36.8 Å². The molecule has 0 atom stereocenters. The first-order valence-electron chi connectivity index (χ1n) is 6.86. The van der Waals surface area contributed by atoms with E-state index < -0.39 is 11.4 Å². The van der Waals surface area contributed by atoms with E-state index >= 15 is 0 Å². The maximum Gasteiger partial charge on any atom is 0.401 e. The molecule has 0 heterocycles. The van der Waals surface area contributed by atoms with E-state index in [1.165, 1.54) is 0 Å². The van der Waals surface area contributed by atoms with E-state index in [2.05, 4.69) is 0 Å². The first kappa shape index (κ1) is 15.5. The van der Waals surface area contributed by atoms with Gasteiger partial charge in [0.25, 0.3) is 5.71 Å². The summed E-state index contributed by atoms with van der Waals surface area (Å²) in [6, 6.07) is 1.81. The van der Waals surface area contributed by atoms with Crippen LogP contribution < -0.4 is 0 Å². The van der Waals surface area contributed by atoms with Crippen LogP contribution in [0, 0.1) is 22.0 Å².